The van der Waals surface area contributed by atoms with E-state index in [0.29, 0.717) is 11.4 Å². The molecule has 6 nitrogen and oxygen atoms in total. The van der Waals surface area contributed by atoms with Crippen LogP contribution in [-0.4, -0.2) is 20.5 Å². The largest absolute Gasteiger partial charge is 0.312 e. The summed E-state index contributed by atoms with van der Waals surface area (Å²) in [5, 5.41) is 14.8. The third-order valence-corrected chi connectivity index (χ3v) is 2.99. The molecule has 1 aromatic heterocycles. The molecular weight excluding hydrogens is 222 g/mol. The standard InChI is InChI=1S/C11H17N3O3/c1-5-7(2)10(15)6-13-9(4)11(14(16)17)8(3)12-13/h7H,5-6H2,1-4H3. The molecule has 0 saturated carbocycles. The molecule has 0 radical (unpaired) electrons. The van der Waals surface area contributed by atoms with Gasteiger partial charge in [-0.3, -0.25) is 19.6 Å². The van der Waals surface area contributed by atoms with Gasteiger partial charge in [0.05, 0.1) is 4.92 Å². The van der Waals surface area contributed by atoms with Crippen LogP contribution in [0.1, 0.15) is 31.7 Å². The molecule has 1 atom stereocenters. The highest BCUT2D eigenvalue weighted by atomic mass is 16.6. The number of aryl methyl sites for hydroxylation is 1. The lowest BCUT2D eigenvalue weighted by Crippen LogP contribution is -2.19. The van der Waals surface area contributed by atoms with Gasteiger partial charge in [-0.1, -0.05) is 13.8 Å². The van der Waals surface area contributed by atoms with Gasteiger partial charge in [-0.15, -0.1) is 0 Å². The average Bonchev–Trinajstić information content (AvgIpc) is 2.52. The molecule has 0 spiro atoms. The van der Waals surface area contributed by atoms with Crippen molar-refractivity contribution < 1.29 is 9.72 Å². The number of carbonyl (C=O) groups excluding carboxylic acids is 1. The quantitative estimate of drug-likeness (QED) is 0.581. The Hall–Kier alpha value is -1.72. The lowest BCUT2D eigenvalue weighted by atomic mass is 10.0. The van der Waals surface area contributed by atoms with Crippen LogP contribution in [-0.2, 0) is 11.3 Å². The van der Waals surface area contributed by atoms with Crippen LogP contribution in [0.5, 0.6) is 0 Å². The molecule has 1 unspecified atom stereocenters. The SMILES string of the molecule is CCC(C)C(=O)Cn1nc(C)c([N+](=O)[O-])c1C. The lowest BCUT2D eigenvalue weighted by Gasteiger charge is -2.07. The Bertz CT molecular complexity index is 451. The summed E-state index contributed by atoms with van der Waals surface area (Å²) >= 11 is 0. The van der Waals surface area contributed by atoms with E-state index in [1.165, 1.54) is 4.68 Å². The van der Waals surface area contributed by atoms with Crippen LogP contribution in [0.4, 0.5) is 5.69 Å². The highest BCUT2D eigenvalue weighted by Crippen LogP contribution is 2.22. The maximum atomic E-state index is 11.8. The molecule has 0 fully saturated rings. The van der Waals surface area contributed by atoms with E-state index in [2.05, 4.69) is 5.10 Å². The molecule has 94 valence electrons. The fourth-order valence-electron chi connectivity index (χ4n) is 1.64. The Morgan fingerprint density at radius 2 is 2.12 bits per heavy atom. The third kappa shape index (κ3) is 2.69. The van der Waals surface area contributed by atoms with E-state index in [1.54, 1.807) is 13.8 Å². The molecule has 0 aromatic carbocycles. The fourth-order valence-corrected chi connectivity index (χ4v) is 1.64. The third-order valence-electron chi connectivity index (χ3n) is 2.99. The first kappa shape index (κ1) is 13.3. The van der Waals surface area contributed by atoms with Crippen molar-refractivity contribution in [1.29, 1.82) is 0 Å². The monoisotopic (exact) mass is 239 g/mol. The Morgan fingerprint density at radius 3 is 2.53 bits per heavy atom. The summed E-state index contributed by atoms with van der Waals surface area (Å²) in [6.07, 6.45) is 0.764. The van der Waals surface area contributed by atoms with E-state index >= 15 is 0 Å². The Morgan fingerprint density at radius 1 is 1.53 bits per heavy atom. The van der Waals surface area contributed by atoms with Gasteiger partial charge in [0.2, 0.25) is 0 Å². The van der Waals surface area contributed by atoms with Gasteiger partial charge in [0, 0.05) is 5.92 Å². The fraction of sp³-hybridized carbons (Fsp3) is 0.636. The van der Waals surface area contributed by atoms with E-state index in [1.807, 2.05) is 13.8 Å². The maximum Gasteiger partial charge on any atom is 0.312 e. The topological polar surface area (TPSA) is 78.0 Å². The molecule has 1 rings (SSSR count). The number of carbonyl (C=O) groups is 1. The number of ketones is 1. The van der Waals surface area contributed by atoms with Crippen LogP contribution < -0.4 is 0 Å². The van der Waals surface area contributed by atoms with Gasteiger partial charge < -0.3 is 0 Å². The van der Waals surface area contributed by atoms with Gasteiger partial charge in [0.25, 0.3) is 0 Å². The zero-order chi connectivity index (χ0) is 13.2. The number of hydrogen-bond acceptors (Lipinski definition) is 4. The predicted octanol–water partition coefficient (Wildman–Crippen LogP) is 2.02. The number of nitro groups is 1. The summed E-state index contributed by atoms with van der Waals surface area (Å²) in [5.74, 6) is 0.00552. The van der Waals surface area contributed by atoms with Crippen molar-refractivity contribution in [3.05, 3.63) is 21.5 Å². The Kier molecular flexibility index (Phi) is 3.98. The predicted molar refractivity (Wildman–Crippen MR) is 62.8 cm³/mol. The van der Waals surface area contributed by atoms with Gasteiger partial charge >= 0.3 is 5.69 Å². The van der Waals surface area contributed by atoms with Gasteiger partial charge in [-0.2, -0.15) is 5.10 Å². The molecular formula is C11H17N3O3. The van der Waals surface area contributed by atoms with E-state index in [9.17, 15) is 14.9 Å². The van der Waals surface area contributed by atoms with Crippen LogP contribution in [0, 0.1) is 29.9 Å². The van der Waals surface area contributed by atoms with E-state index in [4.69, 9.17) is 0 Å². The first-order valence-electron chi connectivity index (χ1n) is 5.59. The van der Waals surface area contributed by atoms with E-state index < -0.39 is 4.92 Å². The molecule has 17 heavy (non-hydrogen) atoms. The summed E-state index contributed by atoms with van der Waals surface area (Å²) in [6, 6.07) is 0. The van der Waals surface area contributed by atoms with Gasteiger partial charge in [-0.25, -0.2) is 0 Å². The van der Waals surface area contributed by atoms with E-state index in [-0.39, 0.29) is 23.9 Å². The normalized spacial score (nSPS) is 12.5. The van der Waals surface area contributed by atoms with Crippen molar-refractivity contribution >= 4 is 11.5 Å². The number of aromatic nitrogens is 2. The number of hydrogen-bond donors (Lipinski definition) is 0. The summed E-state index contributed by atoms with van der Waals surface area (Å²) < 4.78 is 1.42. The first-order valence-corrected chi connectivity index (χ1v) is 5.59. The van der Waals surface area contributed by atoms with Crippen LogP contribution in [0.2, 0.25) is 0 Å². The van der Waals surface area contributed by atoms with Crippen molar-refractivity contribution in [3.8, 4) is 0 Å². The highest BCUT2D eigenvalue weighted by molar-refractivity contribution is 5.80. The average molecular weight is 239 g/mol. The second-order valence-corrected chi connectivity index (χ2v) is 4.21. The molecule has 6 heteroatoms. The number of Topliss-reactive ketones (excluding diaryl/α,β-unsaturated/α-hetero) is 1. The van der Waals surface area contributed by atoms with Crippen molar-refractivity contribution in [2.24, 2.45) is 5.92 Å². The number of nitrogens with zero attached hydrogens (tertiary/aromatic N) is 3. The zero-order valence-corrected chi connectivity index (χ0v) is 10.6. The van der Waals surface area contributed by atoms with Gasteiger partial charge in [0.1, 0.15) is 17.9 Å². The molecule has 0 saturated heterocycles. The van der Waals surface area contributed by atoms with Crippen molar-refractivity contribution in [3.63, 3.8) is 0 Å². The van der Waals surface area contributed by atoms with E-state index in [0.717, 1.165) is 6.42 Å². The van der Waals surface area contributed by atoms with Crippen LogP contribution in [0.3, 0.4) is 0 Å². The molecule has 0 bridgehead atoms. The highest BCUT2D eigenvalue weighted by Gasteiger charge is 2.23. The minimum atomic E-state index is -0.456. The van der Waals surface area contributed by atoms with Crippen LogP contribution in [0.15, 0.2) is 0 Å². The lowest BCUT2D eigenvalue weighted by molar-refractivity contribution is -0.386. The van der Waals surface area contributed by atoms with Crippen LogP contribution in [0.25, 0.3) is 0 Å². The van der Waals surface area contributed by atoms with Crippen molar-refractivity contribution in [2.45, 2.75) is 40.7 Å². The Balaban J connectivity index is 2.98. The zero-order valence-electron chi connectivity index (χ0n) is 10.6. The van der Waals surface area contributed by atoms with Crippen LogP contribution >= 0.6 is 0 Å². The molecule has 0 amide bonds. The summed E-state index contributed by atoms with van der Waals surface area (Å²) in [7, 11) is 0. The molecule has 1 heterocycles. The minimum absolute atomic E-state index is 0.00181. The second kappa shape index (κ2) is 5.07. The van der Waals surface area contributed by atoms with Gasteiger partial charge in [0.15, 0.2) is 5.78 Å². The number of rotatable bonds is 5. The molecule has 0 aliphatic heterocycles. The Labute approximate surface area is 99.8 Å². The smallest absolute Gasteiger partial charge is 0.297 e. The molecule has 0 aliphatic carbocycles. The van der Waals surface area contributed by atoms with Crippen molar-refractivity contribution in [1.82, 2.24) is 9.78 Å². The minimum Gasteiger partial charge on any atom is -0.297 e. The summed E-state index contributed by atoms with van der Waals surface area (Å²) in [5.41, 5.74) is 0.788. The van der Waals surface area contributed by atoms with Gasteiger partial charge in [-0.05, 0) is 20.3 Å². The maximum absolute atomic E-state index is 11.8. The van der Waals surface area contributed by atoms with Crippen molar-refractivity contribution in [2.75, 3.05) is 0 Å². The molecule has 0 N–H and O–H groups in total. The summed E-state index contributed by atoms with van der Waals surface area (Å²) in [4.78, 5) is 22.1. The summed E-state index contributed by atoms with van der Waals surface area (Å²) in [6.45, 7) is 7.08. The molecule has 0 aliphatic rings. The second-order valence-electron chi connectivity index (χ2n) is 4.21. The molecule has 1 aromatic rings. The first-order chi connectivity index (χ1) is 7.88.